The summed E-state index contributed by atoms with van der Waals surface area (Å²) < 4.78 is 37.7. The van der Waals surface area contributed by atoms with Gasteiger partial charge in [0.1, 0.15) is 22.7 Å². The lowest BCUT2D eigenvalue weighted by atomic mass is 9.95. The molecule has 4 aromatic rings. The molecule has 1 fully saturated rings. The Hall–Kier alpha value is -6.71. The number of aliphatic hydroxyl groups is 1. The van der Waals surface area contributed by atoms with Gasteiger partial charge in [-0.25, -0.2) is 22.5 Å². The fourth-order valence-corrected chi connectivity index (χ4v) is 7.54. The van der Waals surface area contributed by atoms with Crippen LogP contribution in [0.15, 0.2) is 83.8 Å². The number of nitro benzene ring substituents is 2. The Labute approximate surface area is 352 Å². The maximum atomic E-state index is 13.0. The van der Waals surface area contributed by atoms with E-state index in [0.29, 0.717) is 39.9 Å². The zero-order valence-corrected chi connectivity index (χ0v) is 35.6. The number of rotatable bonds is 12. The maximum Gasteiger partial charge on any atom is 0.329 e. The van der Waals surface area contributed by atoms with Gasteiger partial charge < -0.3 is 10.4 Å². The van der Waals surface area contributed by atoms with Crippen LogP contribution in [0.3, 0.4) is 0 Å². The van der Waals surface area contributed by atoms with Crippen LogP contribution in [0.4, 0.5) is 26.2 Å². The third kappa shape index (κ3) is 12.6. The number of nitrogens with one attached hydrogen (secondary N) is 1. The molecule has 18 heteroatoms. The number of imide groups is 1. The van der Waals surface area contributed by atoms with Crippen molar-refractivity contribution in [3.05, 3.63) is 138 Å². The van der Waals surface area contributed by atoms with E-state index in [4.69, 9.17) is 5.26 Å². The number of anilines is 1. The molecule has 0 bridgehead atoms. The molecule has 61 heavy (non-hydrogen) atoms. The van der Waals surface area contributed by atoms with Crippen LogP contribution in [0.5, 0.6) is 0 Å². The second-order valence-corrected chi connectivity index (χ2v) is 17.4. The van der Waals surface area contributed by atoms with Gasteiger partial charge in [-0.05, 0) is 107 Å². The molecule has 0 aromatic heterocycles. The topological polar surface area (TPSA) is 248 Å². The highest BCUT2D eigenvalue weighted by Crippen LogP contribution is 2.29. The molecule has 0 saturated carbocycles. The summed E-state index contributed by atoms with van der Waals surface area (Å²) in [4.78, 5) is 69.0. The van der Waals surface area contributed by atoms with E-state index in [2.05, 4.69) is 5.32 Å². The van der Waals surface area contributed by atoms with Crippen molar-refractivity contribution < 1.29 is 46.9 Å². The van der Waals surface area contributed by atoms with Crippen LogP contribution < -0.4 is 10.2 Å². The summed E-state index contributed by atoms with van der Waals surface area (Å²) in [6, 6.07) is 19.4. The van der Waals surface area contributed by atoms with Gasteiger partial charge in [-0.3, -0.25) is 34.6 Å². The quantitative estimate of drug-likeness (QED) is 0.0650. The summed E-state index contributed by atoms with van der Waals surface area (Å²) in [6.07, 6.45) is 0.176. The first-order chi connectivity index (χ1) is 28.2. The molecule has 4 aromatic carbocycles. The molecule has 0 aliphatic carbocycles. The minimum absolute atomic E-state index is 0.00417. The number of sulfone groups is 1. The molecule has 1 aliphatic heterocycles. The van der Waals surface area contributed by atoms with Crippen molar-refractivity contribution in [1.29, 1.82) is 5.26 Å². The Kier molecular flexibility index (Phi) is 15.6. The normalized spacial score (nSPS) is 14.0. The van der Waals surface area contributed by atoms with E-state index < -0.39 is 54.2 Å². The molecule has 5 rings (SSSR count). The van der Waals surface area contributed by atoms with E-state index in [-0.39, 0.29) is 40.3 Å². The van der Waals surface area contributed by atoms with Crippen molar-refractivity contribution in [2.75, 3.05) is 10.7 Å². The maximum absolute atomic E-state index is 13.0. The second-order valence-electron chi connectivity index (χ2n) is 15.4. The van der Waals surface area contributed by atoms with Crippen molar-refractivity contribution in [3.63, 3.8) is 0 Å². The number of nitrogens with zero attached hydrogens (tertiary/aromatic N) is 4. The number of carbonyl (C=O) groups excluding carboxylic acids is 4. The van der Waals surface area contributed by atoms with Gasteiger partial charge in [-0.1, -0.05) is 32.0 Å². The first-order valence-corrected chi connectivity index (χ1v) is 20.3. The highest BCUT2D eigenvalue weighted by atomic mass is 32.2. The van der Waals surface area contributed by atoms with Gasteiger partial charge in [0.05, 0.1) is 37.8 Å². The third-order valence-corrected chi connectivity index (χ3v) is 11.4. The van der Waals surface area contributed by atoms with Crippen LogP contribution in [0.1, 0.15) is 68.0 Å². The monoisotopic (exact) mass is 859 g/mol. The predicted molar refractivity (Wildman–Crippen MR) is 223 cm³/mol. The minimum Gasteiger partial charge on any atom is -0.381 e. The highest BCUT2D eigenvalue weighted by molar-refractivity contribution is 7.91. The van der Waals surface area contributed by atoms with Crippen molar-refractivity contribution in [1.82, 2.24) is 5.32 Å². The summed E-state index contributed by atoms with van der Waals surface area (Å²) in [5.41, 5.74) is 0.886. The number of benzene rings is 4. The van der Waals surface area contributed by atoms with Gasteiger partial charge in [0.25, 0.3) is 17.3 Å². The number of halogens is 1. The van der Waals surface area contributed by atoms with Crippen LogP contribution in [-0.4, -0.2) is 63.8 Å². The fourth-order valence-electron chi connectivity index (χ4n) is 5.92. The number of nitro groups is 2. The van der Waals surface area contributed by atoms with E-state index >= 15 is 0 Å². The number of Topliss-reactive ketones (excluding diaryl/α,β-unsaturated/α-hetero) is 2. The first kappa shape index (κ1) is 48.7. The Morgan fingerprint density at radius 3 is 1.84 bits per heavy atom. The van der Waals surface area contributed by atoms with Crippen LogP contribution in [0.2, 0.25) is 0 Å². The summed E-state index contributed by atoms with van der Waals surface area (Å²) in [5, 5.41) is 43.2. The number of amides is 3. The van der Waals surface area contributed by atoms with Gasteiger partial charge in [0, 0.05) is 42.0 Å². The fraction of sp³-hybridized carbons (Fsp3) is 0.326. The van der Waals surface area contributed by atoms with Crippen LogP contribution >= 0.6 is 0 Å². The van der Waals surface area contributed by atoms with E-state index in [1.54, 1.807) is 65.0 Å². The van der Waals surface area contributed by atoms with E-state index in [9.17, 15) is 57.3 Å². The molecule has 1 heterocycles. The zero-order chi connectivity index (χ0) is 46.2. The van der Waals surface area contributed by atoms with Crippen molar-refractivity contribution in [2.45, 2.75) is 84.3 Å². The molecule has 3 amide bonds. The van der Waals surface area contributed by atoms with Crippen LogP contribution in [0, 0.1) is 64.1 Å². The summed E-state index contributed by atoms with van der Waals surface area (Å²) >= 11 is 0. The Morgan fingerprint density at radius 1 is 0.869 bits per heavy atom. The molecule has 322 valence electrons. The van der Waals surface area contributed by atoms with Crippen molar-refractivity contribution in [3.8, 4) is 6.07 Å². The number of hydrogen-bond acceptors (Lipinski definition) is 12. The Bertz CT molecular complexity index is 2530. The number of urea groups is 1. The molecule has 0 spiro atoms. The molecular weight excluding hydrogens is 814 g/mol. The number of ketones is 2. The van der Waals surface area contributed by atoms with Crippen LogP contribution in [-0.2, 0) is 37.1 Å². The van der Waals surface area contributed by atoms with E-state index in [1.165, 1.54) is 24.3 Å². The van der Waals surface area contributed by atoms with Crippen molar-refractivity contribution >= 4 is 50.4 Å². The molecule has 0 radical (unpaired) electrons. The zero-order valence-electron chi connectivity index (χ0n) is 34.8. The Balaban J connectivity index is 0.000000252. The van der Waals surface area contributed by atoms with Gasteiger partial charge in [0.15, 0.2) is 15.6 Å². The number of aryl methyl sites for hydroxylation is 3. The van der Waals surface area contributed by atoms with E-state index in [1.807, 2.05) is 19.9 Å². The molecule has 16 nitrogen and oxygen atoms in total. The van der Waals surface area contributed by atoms with Gasteiger partial charge in [0.2, 0.25) is 0 Å². The van der Waals surface area contributed by atoms with Crippen molar-refractivity contribution in [2.24, 2.45) is 5.92 Å². The number of hydrogen-bond donors (Lipinski definition) is 2. The van der Waals surface area contributed by atoms with Gasteiger partial charge in [-0.2, -0.15) is 5.26 Å². The molecule has 2 N–H and O–H groups in total. The smallest absolute Gasteiger partial charge is 0.329 e. The Morgan fingerprint density at radius 2 is 1.38 bits per heavy atom. The SMILES string of the molecule is Cc1cc(CC(=O)C(C)(O)CS(=O)(=O)c2ccc(F)cc2)ccc1C#N.Cc1cc(CC(=O)C(C)C)ccc1[N+](=O)[O-].Cc1cc(N2C(=O)NC(C)(C)C2=O)ccc1[N+](=O)[O-]. The summed E-state index contributed by atoms with van der Waals surface area (Å²) in [7, 11) is -3.97. The average Bonchev–Trinajstić information content (AvgIpc) is 3.36. The molecule has 1 saturated heterocycles. The lowest BCUT2D eigenvalue weighted by Crippen LogP contribution is -2.43. The van der Waals surface area contributed by atoms with E-state index in [0.717, 1.165) is 41.7 Å². The second kappa shape index (κ2) is 19.6. The number of nitriles is 1. The number of carbonyl (C=O) groups is 4. The predicted octanol–water partition coefficient (Wildman–Crippen LogP) is 6.75. The molecule has 1 atom stereocenters. The third-order valence-electron chi connectivity index (χ3n) is 9.50. The standard InChI is InChI=1S/C19H18FNO4S.C12H13N3O4.C12H15NO3/c1-13-9-14(3-4-15(13)11-21)10-18(22)19(2,23)12-26(24,25)17-7-5-16(20)6-8-17;1-7-6-8(4-5-9(7)15(18)19)14-10(16)12(2,3)13-11(14)17;1-8(2)12(14)7-10-4-5-11(13(15)16)9(3)6-10/h3-9,23H,10,12H2,1-2H3;4-6H,1-3H3,(H,13,17);4-6,8H,7H2,1-3H3. The minimum atomic E-state index is -3.97. The van der Waals surface area contributed by atoms with Gasteiger partial charge >= 0.3 is 6.03 Å². The van der Waals surface area contributed by atoms with Crippen LogP contribution in [0.25, 0.3) is 0 Å². The molecular formula is C43H46FN5O11S. The molecule has 1 unspecified atom stereocenters. The molecule has 1 aliphatic rings. The lowest BCUT2D eigenvalue weighted by Gasteiger charge is -2.22. The summed E-state index contributed by atoms with van der Waals surface area (Å²) in [6.45, 7) is 13.0. The largest absolute Gasteiger partial charge is 0.381 e. The highest BCUT2D eigenvalue weighted by Gasteiger charge is 2.45. The first-order valence-electron chi connectivity index (χ1n) is 18.6. The average molecular weight is 860 g/mol. The van der Waals surface area contributed by atoms with Gasteiger partial charge in [-0.15, -0.1) is 0 Å². The summed E-state index contributed by atoms with van der Waals surface area (Å²) in [5.74, 6) is -2.29. The lowest BCUT2D eigenvalue weighted by molar-refractivity contribution is -0.385.